The maximum Gasteiger partial charge on any atom is 0.374 e. The molecular formula is C17H30O5. The molecule has 0 aromatic carbocycles. The number of hydrogen-bond acceptors (Lipinski definition) is 4. The summed E-state index contributed by atoms with van der Waals surface area (Å²) >= 11 is 0. The number of carboxylic acids is 1. The van der Waals surface area contributed by atoms with E-state index in [0.717, 1.165) is 19.3 Å². The fourth-order valence-electron chi connectivity index (χ4n) is 2.16. The van der Waals surface area contributed by atoms with Gasteiger partial charge < -0.3 is 9.84 Å². The van der Waals surface area contributed by atoms with Gasteiger partial charge in [-0.25, -0.2) is 4.79 Å². The van der Waals surface area contributed by atoms with Crippen LogP contribution in [0.25, 0.3) is 0 Å². The van der Waals surface area contributed by atoms with Gasteiger partial charge in [0, 0.05) is 6.42 Å². The van der Waals surface area contributed by atoms with Crippen molar-refractivity contribution < 1.29 is 24.2 Å². The summed E-state index contributed by atoms with van der Waals surface area (Å²) in [5, 5.41) is 8.42. The predicted octanol–water partition coefficient (Wildman–Crippen LogP) is 3.88. The molecule has 0 saturated carbocycles. The van der Waals surface area contributed by atoms with E-state index in [1.807, 2.05) is 0 Å². The van der Waals surface area contributed by atoms with E-state index in [-0.39, 0.29) is 19.4 Å². The molecule has 0 aromatic heterocycles. The van der Waals surface area contributed by atoms with Gasteiger partial charge in [-0.15, -0.1) is 0 Å². The van der Waals surface area contributed by atoms with Crippen molar-refractivity contribution in [2.24, 2.45) is 0 Å². The molecule has 0 heterocycles. The van der Waals surface area contributed by atoms with Crippen LogP contribution >= 0.6 is 0 Å². The summed E-state index contributed by atoms with van der Waals surface area (Å²) in [6, 6.07) is 0. The number of ketones is 1. The number of hydrogen-bond donors (Lipinski definition) is 1. The Morgan fingerprint density at radius 1 is 0.773 bits per heavy atom. The molecule has 128 valence electrons. The van der Waals surface area contributed by atoms with Gasteiger partial charge in [-0.3, -0.25) is 9.59 Å². The lowest BCUT2D eigenvalue weighted by Gasteiger charge is -2.04. The molecule has 0 spiro atoms. The molecule has 0 unspecified atom stereocenters. The Bertz CT molecular complexity index is 325. The highest BCUT2D eigenvalue weighted by atomic mass is 16.5. The third kappa shape index (κ3) is 13.6. The monoisotopic (exact) mass is 314 g/mol. The third-order valence-electron chi connectivity index (χ3n) is 3.52. The van der Waals surface area contributed by atoms with Gasteiger partial charge in [-0.2, -0.15) is 0 Å². The van der Waals surface area contributed by atoms with Gasteiger partial charge in [-0.05, 0) is 6.42 Å². The van der Waals surface area contributed by atoms with E-state index < -0.39 is 17.7 Å². The number of rotatable bonds is 15. The van der Waals surface area contributed by atoms with Crippen molar-refractivity contribution in [3.8, 4) is 0 Å². The summed E-state index contributed by atoms with van der Waals surface area (Å²) in [4.78, 5) is 32.8. The summed E-state index contributed by atoms with van der Waals surface area (Å²) in [7, 11) is 0. The minimum atomic E-state index is -1.09. The Hall–Kier alpha value is -1.39. The Balaban J connectivity index is 3.33. The third-order valence-corrected chi connectivity index (χ3v) is 3.52. The van der Waals surface area contributed by atoms with Gasteiger partial charge in [0.1, 0.15) is 0 Å². The Kier molecular flexibility index (Phi) is 13.6. The van der Waals surface area contributed by atoms with Crippen molar-refractivity contribution in [2.75, 3.05) is 6.61 Å². The van der Waals surface area contributed by atoms with Gasteiger partial charge in [0.2, 0.25) is 5.78 Å². The lowest BCUT2D eigenvalue weighted by molar-refractivity contribution is -0.154. The van der Waals surface area contributed by atoms with E-state index in [1.165, 1.54) is 44.9 Å². The zero-order valence-electron chi connectivity index (χ0n) is 13.8. The molecule has 0 aromatic rings. The lowest BCUT2D eigenvalue weighted by atomic mass is 10.1. The zero-order chi connectivity index (χ0) is 16.6. The summed E-state index contributed by atoms with van der Waals surface area (Å²) in [5.74, 6) is -2.75. The molecule has 0 aliphatic rings. The molecule has 22 heavy (non-hydrogen) atoms. The van der Waals surface area contributed by atoms with Crippen molar-refractivity contribution in [1.29, 1.82) is 0 Å². The Morgan fingerprint density at radius 3 is 1.77 bits per heavy atom. The molecule has 0 radical (unpaired) electrons. The van der Waals surface area contributed by atoms with Crippen LogP contribution < -0.4 is 0 Å². The Labute approximate surface area is 133 Å². The van der Waals surface area contributed by atoms with Crippen LogP contribution in [0.15, 0.2) is 0 Å². The minimum absolute atomic E-state index is 0.244. The molecule has 0 saturated heterocycles. The molecule has 0 bridgehead atoms. The van der Waals surface area contributed by atoms with Crippen LogP contribution in [0.3, 0.4) is 0 Å². The molecule has 5 heteroatoms. The average Bonchev–Trinajstić information content (AvgIpc) is 2.49. The molecule has 0 atom stereocenters. The molecule has 1 N–H and O–H groups in total. The standard InChI is InChI=1S/C17H30O5/c1-2-3-4-5-6-7-8-9-10-11-14-22-17(21)15(18)12-13-16(19)20/h2-14H2,1H3,(H,19,20). The molecule has 0 amide bonds. The quantitative estimate of drug-likeness (QED) is 0.282. The smallest absolute Gasteiger partial charge is 0.374 e. The van der Waals surface area contributed by atoms with E-state index in [2.05, 4.69) is 6.92 Å². The van der Waals surface area contributed by atoms with Crippen molar-refractivity contribution in [3.05, 3.63) is 0 Å². The number of aliphatic carboxylic acids is 1. The summed E-state index contributed by atoms with van der Waals surface area (Å²) < 4.78 is 4.83. The zero-order valence-corrected chi connectivity index (χ0v) is 13.8. The minimum Gasteiger partial charge on any atom is -0.481 e. The number of esters is 1. The van der Waals surface area contributed by atoms with Gasteiger partial charge >= 0.3 is 11.9 Å². The van der Waals surface area contributed by atoms with Crippen LogP contribution in [0, 0.1) is 0 Å². The van der Waals surface area contributed by atoms with Crippen LogP contribution in [0.1, 0.15) is 84.0 Å². The molecule has 5 nitrogen and oxygen atoms in total. The molecule has 0 aliphatic heterocycles. The van der Waals surface area contributed by atoms with Gasteiger partial charge in [-0.1, -0.05) is 64.7 Å². The first kappa shape index (κ1) is 20.6. The maximum atomic E-state index is 11.3. The van der Waals surface area contributed by atoms with Crippen LogP contribution in [0.5, 0.6) is 0 Å². The Morgan fingerprint density at radius 2 is 1.27 bits per heavy atom. The van der Waals surface area contributed by atoms with E-state index in [0.29, 0.717) is 0 Å². The number of carboxylic acid groups (broad SMARTS) is 1. The number of carbonyl (C=O) groups is 3. The van der Waals surface area contributed by atoms with E-state index in [1.54, 1.807) is 0 Å². The normalized spacial score (nSPS) is 10.4. The first-order chi connectivity index (χ1) is 10.6. The van der Waals surface area contributed by atoms with E-state index >= 15 is 0 Å². The summed E-state index contributed by atoms with van der Waals surface area (Å²) in [6.07, 6.45) is 11.3. The van der Waals surface area contributed by atoms with Crippen molar-refractivity contribution >= 4 is 17.7 Å². The maximum absolute atomic E-state index is 11.3. The topological polar surface area (TPSA) is 80.7 Å². The summed E-state index contributed by atoms with van der Waals surface area (Å²) in [6.45, 7) is 2.46. The van der Waals surface area contributed by atoms with Crippen LogP contribution in [0.2, 0.25) is 0 Å². The fourth-order valence-corrected chi connectivity index (χ4v) is 2.16. The van der Waals surface area contributed by atoms with E-state index in [4.69, 9.17) is 9.84 Å². The van der Waals surface area contributed by atoms with Crippen molar-refractivity contribution in [1.82, 2.24) is 0 Å². The van der Waals surface area contributed by atoms with Crippen molar-refractivity contribution in [2.45, 2.75) is 84.0 Å². The van der Waals surface area contributed by atoms with Gasteiger partial charge in [0.15, 0.2) is 0 Å². The lowest BCUT2D eigenvalue weighted by Crippen LogP contribution is -2.18. The van der Waals surface area contributed by atoms with Crippen LogP contribution in [-0.4, -0.2) is 29.4 Å². The molecule has 0 fully saturated rings. The first-order valence-corrected chi connectivity index (χ1v) is 8.49. The first-order valence-electron chi connectivity index (χ1n) is 8.49. The highest BCUT2D eigenvalue weighted by Gasteiger charge is 2.16. The highest BCUT2D eigenvalue weighted by Crippen LogP contribution is 2.10. The number of unbranched alkanes of at least 4 members (excludes halogenated alkanes) is 9. The number of Topliss-reactive ketones (excluding diaryl/α,β-unsaturated/α-hetero) is 1. The SMILES string of the molecule is CCCCCCCCCCCCOC(=O)C(=O)CCC(=O)O. The molecular weight excluding hydrogens is 284 g/mol. The molecule has 0 aliphatic carbocycles. The van der Waals surface area contributed by atoms with Crippen molar-refractivity contribution in [3.63, 3.8) is 0 Å². The van der Waals surface area contributed by atoms with E-state index in [9.17, 15) is 14.4 Å². The second kappa shape index (κ2) is 14.5. The van der Waals surface area contributed by atoms with Crippen LogP contribution in [-0.2, 0) is 19.1 Å². The average molecular weight is 314 g/mol. The molecule has 0 rings (SSSR count). The second-order valence-corrected chi connectivity index (χ2v) is 5.63. The largest absolute Gasteiger partial charge is 0.481 e. The predicted molar refractivity (Wildman–Crippen MR) is 84.7 cm³/mol. The summed E-state index contributed by atoms with van der Waals surface area (Å²) in [5.41, 5.74) is 0. The van der Waals surface area contributed by atoms with Gasteiger partial charge in [0.05, 0.1) is 13.0 Å². The fraction of sp³-hybridized carbons (Fsp3) is 0.824. The highest BCUT2D eigenvalue weighted by molar-refractivity contribution is 6.33. The number of carbonyl (C=O) groups excluding carboxylic acids is 2. The van der Waals surface area contributed by atoms with Gasteiger partial charge in [0.25, 0.3) is 0 Å². The number of ether oxygens (including phenoxy) is 1. The second-order valence-electron chi connectivity index (χ2n) is 5.63. The van der Waals surface area contributed by atoms with Crippen LogP contribution in [0.4, 0.5) is 0 Å².